The number of rotatable bonds is 18. The third-order valence-electron chi connectivity index (χ3n) is 4.52. The van der Waals surface area contributed by atoms with Gasteiger partial charge in [0.1, 0.15) is 0 Å². The first-order valence-electron chi connectivity index (χ1n) is 10.1. The molecule has 0 saturated carbocycles. The molecule has 0 aliphatic rings. The van der Waals surface area contributed by atoms with Crippen molar-refractivity contribution in [1.29, 1.82) is 0 Å². The summed E-state index contributed by atoms with van der Waals surface area (Å²) in [6, 6.07) is 0. The summed E-state index contributed by atoms with van der Waals surface area (Å²) in [5, 5.41) is 8.59. The van der Waals surface area contributed by atoms with Crippen molar-refractivity contribution in [1.82, 2.24) is 0 Å². The van der Waals surface area contributed by atoms with Gasteiger partial charge in [0.2, 0.25) is 0 Å². The van der Waals surface area contributed by atoms with Crippen molar-refractivity contribution in [3.8, 4) is 0 Å². The molecule has 0 atom stereocenters. The second kappa shape index (κ2) is 18.2. The molecule has 26 heavy (non-hydrogen) atoms. The number of hydrogen-bond donors (Lipinski definition) is 1. The molecule has 0 aliphatic carbocycles. The fourth-order valence-electron chi connectivity index (χ4n) is 2.89. The van der Waals surface area contributed by atoms with Gasteiger partial charge < -0.3 is 9.84 Å². The quantitative estimate of drug-likeness (QED) is 0.178. The van der Waals surface area contributed by atoms with E-state index in [9.17, 15) is 9.59 Å². The molecule has 0 unspecified atom stereocenters. The Morgan fingerprint density at radius 3 is 1.69 bits per heavy atom. The fourth-order valence-corrected chi connectivity index (χ4v) is 2.89. The van der Waals surface area contributed by atoms with Gasteiger partial charge in [-0.05, 0) is 65.2 Å². The highest BCUT2D eigenvalue weighted by Gasteiger charge is 1.97. The van der Waals surface area contributed by atoms with E-state index in [-0.39, 0.29) is 0 Å². The minimum atomic E-state index is -0.686. The van der Waals surface area contributed by atoms with Crippen LogP contribution in [0.2, 0.25) is 0 Å². The summed E-state index contributed by atoms with van der Waals surface area (Å²) < 4.78 is 4.68. The molecule has 0 aromatic rings. The van der Waals surface area contributed by atoms with Crippen LogP contribution < -0.4 is 0 Å². The van der Waals surface area contributed by atoms with Crippen molar-refractivity contribution in [3.05, 3.63) is 23.3 Å². The van der Waals surface area contributed by atoms with E-state index in [4.69, 9.17) is 5.11 Å². The highest BCUT2D eigenvalue weighted by Crippen LogP contribution is 2.14. The highest BCUT2D eigenvalue weighted by atomic mass is 16.5. The van der Waals surface area contributed by atoms with E-state index in [2.05, 4.69) is 30.7 Å². The maximum absolute atomic E-state index is 10.4. The van der Waals surface area contributed by atoms with Crippen LogP contribution in [0.1, 0.15) is 97.3 Å². The van der Waals surface area contributed by atoms with Crippen LogP contribution in [0.4, 0.5) is 0 Å². The third-order valence-corrected chi connectivity index (χ3v) is 4.52. The first kappa shape index (κ1) is 24.4. The molecular formula is C22H38O4. The molecule has 0 amide bonds. The van der Waals surface area contributed by atoms with E-state index in [0.717, 1.165) is 64.2 Å². The summed E-state index contributed by atoms with van der Waals surface area (Å²) in [7, 11) is 0. The zero-order valence-corrected chi connectivity index (χ0v) is 16.8. The van der Waals surface area contributed by atoms with Gasteiger partial charge >= 0.3 is 5.97 Å². The molecule has 150 valence electrons. The van der Waals surface area contributed by atoms with Crippen molar-refractivity contribution < 1.29 is 19.4 Å². The summed E-state index contributed by atoms with van der Waals surface area (Å²) in [5.74, 6) is -0.686. The SMILES string of the molecule is CC(=CCCC=C(C)CCCCCCC(=O)O)CCCCCCOC=O. The van der Waals surface area contributed by atoms with Crippen LogP contribution in [0.3, 0.4) is 0 Å². The van der Waals surface area contributed by atoms with Crippen LogP contribution in [0.5, 0.6) is 0 Å². The second-order valence-corrected chi connectivity index (χ2v) is 7.12. The average molecular weight is 367 g/mol. The van der Waals surface area contributed by atoms with Crippen LogP contribution in [0, 0.1) is 0 Å². The van der Waals surface area contributed by atoms with Gasteiger partial charge in [0.25, 0.3) is 6.47 Å². The Hall–Kier alpha value is -1.58. The van der Waals surface area contributed by atoms with Gasteiger partial charge in [-0.2, -0.15) is 0 Å². The van der Waals surface area contributed by atoms with E-state index >= 15 is 0 Å². The zero-order valence-electron chi connectivity index (χ0n) is 16.8. The molecule has 0 aromatic heterocycles. The van der Waals surface area contributed by atoms with Crippen LogP contribution >= 0.6 is 0 Å². The number of hydrogen-bond acceptors (Lipinski definition) is 3. The third kappa shape index (κ3) is 18.8. The number of ether oxygens (including phenoxy) is 1. The summed E-state index contributed by atoms with van der Waals surface area (Å²) in [6.45, 7) is 5.48. The van der Waals surface area contributed by atoms with Gasteiger partial charge in [-0.3, -0.25) is 9.59 Å². The second-order valence-electron chi connectivity index (χ2n) is 7.12. The van der Waals surface area contributed by atoms with E-state index in [1.165, 1.54) is 24.0 Å². The number of carboxylic acids is 1. The summed E-state index contributed by atoms with van der Waals surface area (Å²) >= 11 is 0. The number of unbranched alkanes of at least 4 members (excludes halogenated alkanes) is 7. The number of carbonyl (C=O) groups excluding carboxylic acids is 1. The van der Waals surface area contributed by atoms with Crippen molar-refractivity contribution in [2.75, 3.05) is 6.61 Å². The lowest BCUT2D eigenvalue weighted by Gasteiger charge is -2.03. The average Bonchev–Trinajstić information content (AvgIpc) is 2.60. The minimum absolute atomic E-state index is 0.301. The van der Waals surface area contributed by atoms with Crippen LogP contribution in [-0.2, 0) is 14.3 Å². The topological polar surface area (TPSA) is 63.6 Å². The van der Waals surface area contributed by atoms with E-state index < -0.39 is 5.97 Å². The monoisotopic (exact) mass is 366 g/mol. The van der Waals surface area contributed by atoms with Crippen molar-refractivity contribution in [2.45, 2.75) is 97.3 Å². The number of aliphatic carboxylic acids is 1. The molecule has 0 fully saturated rings. The van der Waals surface area contributed by atoms with Gasteiger partial charge in [-0.25, -0.2) is 0 Å². The molecule has 4 nitrogen and oxygen atoms in total. The molecule has 0 radical (unpaired) electrons. The maximum Gasteiger partial charge on any atom is 0.303 e. The molecule has 4 heteroatoms. The number of allylic oxidation sites excluding steroid dienone is 4. The predicted molar refractivity (Wildman–Crippen MR) is 107 cm³/mol. The number of carboxylic acid groups (broad SMARTS) is 1. The summed E-state index contributed by atoms with van der Waals surface area (Å²) in [6.07, 6.45) is 18.1. The van der Waals surface area contributed by atoms with Crippen molar-refractivity contribution >= 4 is 12.4 Å². The Morgan fingerprint density at radius 2 is 1.23 bits per heavy atom. The Labute approximate surface area is 159 Å². The van der Waals surface area contributed by atoms with Gasteiger partial charge in [-0.15, -0.1) is 0 Å². The molecule has 1 N–H and O–H groups in total. The molecular weight excluding hydrogens is 328 g/mol. The van der Waals surface area contributed by atoms with Gasteiger partial charge in [0.05, 0.1) is 6.61 Å². The van der Waals surface area contributed by atoms with E-state index in [1.807, 2.05) is 0 Å². The molecule has 0 aromatic carbocycles. The Bertz CT molecular complexity index is 424. The Balaban J connectivity index is 3.57. The van der Waals surface area contributed by atoms with Gasteiger partial charge in [-0.1, -0.05) is 49.0 Å². The molecule has 0 saturated heterocycles. The van der Waals surface area contributed by atoms with Crippen molar-refractivity contribution in [2.24, 2.45) is 0 Å². The first-order valence-corrected chi connectivity index (χ1v) is 10.1. The maximum atomic E-state index is 10.4. The van der Waals surface area contributed by atoms with Gasteiger partial charge in [0.15, 0.2) is 0 Å². The highest BCUT2D eigenvalue weighted by molar-refractivity contribution is 5.66. The molecule has 0 spiro atoms. The molecule has 0 aliphatic heterocycles. The molecule has 0 rings (SSSR count). The lowest BCUT2D eigenvalue weighted by molar-refractivity contribution is -0.137. The Kier molecular flexibility index (Phi) is 17.1. The predicted octanol–water partition coefficient (Wildman–Crippen LogP) is 6.21. The lowest BCUT2D eigenvalue weighted by atomic mass is 10.0. The summed E-state index contributed by atoms with van der Waals surface area (Å²) in [4.78, 5) is 20.4. The summed E-state index contributed by atoms with van der Waals surface area (Å²) in [5.41, 5.74) is 2.92. The standard InChI is InChI=1S/C22H38O4/c1-20(13-7-3-4-9-17-22(24)25)15-10-11-16-21(2)14-8-5-6-12-18-26-19-23/h15-16,19H,3-14,17-18H2,1-2H3,(H,24,25). The first-order chi connectivity index (χ1) is 12.6. The van der Waals surface area contributed by atoms with Crippen LogP contribution in [0.25, 0.3) is 0 Å². The largest absolute Gasteiger partial charge is 0.481 e. The fraction of sp³-hybridized carbons (Fsp3) is 0.727. The van der Waals surface area contributed by atoms with Crippen LogP contribution in [0.15, 0.2) is 23.3 Å². The number of carbonyl (C=O) groups is 2. The van der Waals surface area contributed by atoms with Crippen LogP contribution in [-0.4, -0.2) is 24.2 Å². The molecule has 0 bridgehead atoms. The minimum Gasteiger partial charge on any atom is -0.481 e. The van der Waals surface area contributed by atoms with Crippen molar-refractivity contribution in [3.63, 3.8) is 0 Å². The van der Waals surface area contributed by atoms with E-state index in [1.54, 1.807) is 0 Å². The zero-order chi connectivity index (χ0) is 19.5. The normalized spacial score (nSPS) is 12.2. The lowest BCUT2D eigenvalue weighted by Crippen LogP contribution is -1.93. The van der Waals surface area contributed by atoms with Gasteiger partial charge in [0, 0.05) is 6.42 Å². The molecule has 0 heterocycles. The Morgan fingerprint density at radius 1 is 0.769 bits per heavy atom. The smallest absolute Gasteiger partial charge is 0.303 e. The van der Waals surface area contributed by atoms with E-state index in [0.29, 0.717) is 19.5 Å².